The van der Waals surface area contributed by atoms with Crippen molar-refractivity contribution in [3.05, 3.63) is 115 Å². The molecule has 1 heteroatoms. The zero-order valence-corrected chi connectivity index (χ0v) is 17.6. The zero-order valence-electron chi connectivity index (χ0n) is 17.6. The van der Waals surface area contributed by atoms with E-state index in [1.54, 1.807) is 6.08 Å². The van der Waals surface area contributed by atoms with Gasteiger partial charge >= 0.3 is 0 Å². The van der Waals surface area contributed by atoms with Crippen LogP contribution in [0, 0.1) is 0 Å². The molecule has 0 heterocycles. The van der Waals surface area contributed by atoms with Gasteiger partial charge in [-0.3, -0.25) is 0 Å². The Kier molecular flexibility index (Phi) is 6.86. The molecule has 3 aromatic carbocycles. The van der Waals surface area contributed by atoms with Crippen LogP contribution in [-0.2, 0) is 6.42 Å². The first-order valence-corrected chi connectivity index (χ1v) is 10.1. The summed E-state index contributed by atoms with van der Waals surface area (Å²) in [4.78, 5) is 2.22. The van der Waals surface area contributed by atoms with Crippen molar-refractivity contribution in [1.82, 2.24) is 0 Å². The van der Waals surface area contributed by atoms with E-state index in [1.165, 1.54) is 39.2 Å². The number of nitrogens with zero attached hydrogens (tertiary/aromatic N) is 1. The molecule has 0 saturated heterocycles. The van der Waals surface area contributed by atoms with Gasteiger partial charge in [0.1, 0.15) is 0 Å². The first-order chi connectivity index (χ1) is 14.1. The van der Waals surface area contributed by atoms with Gasteiger partial charge in [0, 0.05) is 18.4 Å². The van der Waals surface area contributed by atoms with Crippen LogP contribution in [0.2, 0.25) is 0 Å². The molecule has 0 bridgehead atoms. The third kappa shape index (κ3) is 5.14. The molecule has 29 heavy (non-hydrogen) atoms. The number of hydrogen-bond acceptors (Lipinski definition) is 1. The monoisotopic (exact) mass is 379 g/mol. The van der Waals surface area contributed by atoms with Crippen molar-refractivity contribution in [2.24, 2.45) is 0 Å². The molecule has 0 spiro atoms. The standard InChI is InChI=1S/C28H29N/c1-5-7-8-10-22(3)25-11-9-12-26(21-25)24-15-19-28(20-16-24)29(4)27-17-13-23(6-2)14-18-27/h5,7-21H,1,6H2,2-4H3/b8-7-,22-10+. The van der Waals surface area contributed by atoms with Crippen LogP contribution >= 0.6 is 0 Å². The van der Waals surface area contributed by atoms with Crippen LogP contribution in [0.1, 0.15) is 25.0 Å². The summed E-state index contributed by atoms with van der Waals surface area (Å²) in [6.07, 6.45) is 8.93. The number of aryl methyl sites for hydroxylation is 1. The molecule has 0 unspecified atom stereocenters. The summed E-state index contributed by atoms with van der Waals surface area (Å²) in [6.45, 7) is 8.03. The lowest BCUT2D eigenvalue weighted by Crippen LogP contribution is -2.09. The Morgan fingerprint density at radius 2 is 1.52 bits per heavy atom. The summed E-state index contributed by atoms with van der Waals surface area (Å²) in [6, 6.07) is 26.2. The first kappa shape index (κ1) is 20.4. The van der Waals surface area contributed by atoms with Gasteiger partial charge in [0.15, 0.2) is 0 Å². The van der Waals surface area contributed by atoms with Crippen molar-refractivity contribution in [3.8, 4) is 11.1 Å². The highest BCUT2D eigenvalue weighted by molar-refractivity contribution is 5.74. The maximum atomic E-state index is 3.71. The minimum atomic E-state index is 1.07. The highest BCUT2D eigenvalue weighted by atomic mass is 15.1. The minimum absolute atomic E-state index is 1.07. The predicted molar refractivity (Wildman–Crippen MR) is 129 cm³/mol. The normalized spacial score (nSPS) is 11.6. The summed E-state index contributed by atoms with van der Waals surface area (Å²) in [5, 5.41) is 0. The van der Waals surface area contributed by atoms with Crippen LogP contribution in [-0.4, -0.2) is 7.05 Å². The molecule has 0 aromatic heterocycles. The van der Waals surface area contributed by atoms with Crippen LogP contribution in [0.15, 0.2) is 104 Å². The lowest BCUT2D eigenvalue weighted by molar-refractivity contribution is 1.13. The van der Waals surface area contributed by atoms with E-state index in [-0.39, 0.29) is 0 Å². The molecule has 0 N–H and O–H groups in total. The highest BCUT2D eigenvalue weighted by Gasteiger charge is 2.06. The Balaban J connectivity index is 1.81. The largest absolute Gasteiger partial charge is 0.345 e. The first-order valence-electron chi connectivity index (χ1n) is 10.1. The smallest absolute Gasteiger partial charge is 0.0408 e. The Labute approximate surface area is 175 Å². The Hall–Kier alpha value is -3.32. The molecular weight excluding hydrogens is 350 g/mol. The van der Waals surface area contributed by atoms with Gasteiger partial charge in [0.2, 0.25) is 0 Å². The number of allylic oxidation sites excluding steroid dienone is 5. The number of rotatable bonds is 7. The molecule has 0 aliphatic carbocycles. The van der Waals surface area contributed by atoms with E-state index < -0.39 is 0 Å². The molecule has 0 aliphatic heterocycles. The summed E-state index contributed by atoms with van der Waals surface area (Å²) < 4.78 is 0. The summed E-state index contributed by atoms with van der Waals surface area (Å²) in [7, 11) is 2.11. The quantitative estimate of drug-likeness (QED) is 0.378. The molecular formula is C28H29N. The third-order valence-electron chi connectivity index (χ3n) is 5.23. The van der Waals surface area contributed by atoms with Crippen LogP contribution in [0.5, 0.6) is 0 Å². The molecule has 0 amide bonds. The van der Waals surface area contributed by atoms with E-state index >= 15 is 0 Å². The van der Waals surface area contributed by atoms with Gasteiger partial charge in [0.05, 0.1) is 0 Å². The number of hydrogen-bond donors (Lipinski definition) is 0. The second-order valence-corrected chi connectivity index (χ2v) is 7.18. The second kappa shape index (κ2) is 9.75. The SMILES string of the molecule is C=C/C=C\C=C(/C)c1cccc(-c2ccc(N(C)c3ccc(CC)cc3)cc2)c1. The van der Waals surface area contributed by atoms with Crippen LogP contribution in [0.4, 0.5) is 11.4 Å². The molecule has 1 nitrogen and oxygen atoms in total. The minimum Gasteiger partial charge on any atom is -0.345 e. The molecule has 146 valence electrons. The molecule has 0 atom stereocenters. The van der Waals surface area contributed by atoms with Gasteiger partial charge in [-0.25, -0.2) is 0 Å². The topological polar surface area (TPSA) is 3.24 Å². The highest BCUT2D eigenvalue weighted by Crippen LogP contribution is 2.28. The van der Waals surface area contributed by atoms with Gasteiger partial charge in [-0.15, -0.1) is 0 Å². The fraction of sp³-hybridized carbons (Fsp3) is 0.143. The molecule has 3 rings (SSSR count). The predicted octanol–water partition coefficient (Wildman–Crippen LogP) is 7.83. The van der Waals surface area contributed by atoms with E-state index in [9.17, 15) is 0 Å². The summed E-state index contributed by atoms with van der Waals surface area (Å²) in [5.41, 5.74) is 8.65. The average molecular weight is 380 g/mol. The number of anilines is 2. The van der Waals surface area contributed by atoms with Crippen molar-refractivity contribution in [2.45, 2.75) is 20.3 Å². The van der Waals surface area contributed by atoms with E-state index in [2.05, 4.69) is 111 Å². The van der Waals surface area contributed by atoms with Crippen molar-refractivity contribution >= 4 is 16.9 Å². The van der Waals surface area contributed by atoms with Crippen molar-refractivity contribution in [3.63, 3.8) is 0 Å². The lowest BCUT2D eigenvalue weighted by Gasteiger charge is -2.20. The van der Waals surface area contributed by atoms with Gasteiger partial charge in [0.25, 0.3) is 0 Å². The zero-order chi connectivity index (χ0) is 20.6. The van der Waals surface area contributed by atoms with E-state index in [4.69, 9.17) is 0 Å². The molecule has 0 saturated carbocycles. The van der Waals surface area contributed by atoms with Gasteiger partial charge < -0.3 is 4.90 Å². The van der Waals surface area contributed by atoms with Crippen LogP contribution in [0.25, 0.3) is 16.7 Å². The Morgan fingerprint density at radius 3 is 2.14 bits per heavy atom. The Morgan fingerprint density at radius 1 is 0.862 bits per heavy atom. The fourth-order valence-corrected chi connectivity index (χ4v) is 3.30. The maximum absolute atomic E-state index is 3.71. The van der Waals surface area contributed by atoms with Crippen LogP contribution in [0.3, 0.4) is 0 Å². The molecule has 3 aromatic rings. The lowest BCUT2D eigenvalue weighted by atomic mass is 9.99. The molecule has 0 radical (unpaired) electrons. The van der Waals surface area contributed by atoms with Crippen molar-refractivity contribution in [1.29, 1.82) is 0 Å². The summed E-state index contributed by atoms with van der Waals surface area (Å²) >= 11 is 0. The van der Waals surface area contributed by atoms with E-state index in [1.807, 2.05) is 12.2 Å². The summed E-state index contributed by atoms with van der Waals surface area (Å²) in [5.74, 6) is 0. The third-order valence-corrected chi connectivity index (χ3v) is 5.23. The van der Waals surface area contributed by atoms with Crippen molar-refractivity contribution in [2.75, 3.05) is 11.9 Å². The maximum Gasteiger partial charge on any atom is 0.0408 e. The van der Waals surface area contributed by atoms with Gasteiger partial charge in [-0.1, -0.05) is 80.3 Å². The van der Waals surface area contributed by atoms with Gasteiger partial charge in [-0.2, -0.15) is 0 Å². The Bertz CT molecular complexity index is 1000. The van der Waals surface area contributed by atoms with Gasteiger partial charge in [-0.05, 0) is 71.5 Å². The molecule has 0 aliphatic rings. The van der Waals surface area contributed by atoms with Crippen molar-refractivity contribution < 1.29 is 0 Å². The van der Waals surface area contributed by atoms with E-state index in [0.717, 1.165) is 6.42 Å². The molecule has 0 fully saturated rings. The average Bonchev–Trinajstić information content (AvgIpc) is 2.79. The van der Waals surface area contributed by atoms with E-state index in [0.29, 0.717) is 0 Å². The van der Waals surface area contributed by atoms with Crippen LogP contribution < -0.4 is 4.90 Å². The fourth-order valence-electron chi connectivity index (χ4n) is 3.30. The second-order valence-electron chi connectivity index (χ2n) is 7.18. The number of benzene rings is 3.